The number of halogens is 3. The Kier molecular flexibility index (Phi) is 6.51. The Balaban J connectivity index is 1.71. The summed E-state index contributed by atoms with van der Waals surface area (Å²) in [7, 11) is -3.20. The molecule has 1 atom stereocenters. The number of benzene rings is 1. The number of aromatic nitrogens is 2. The molecular weight excluding hydrogens is 421 g/mol. The van der Waals surface area contributed by atoms with E-state index < -0.39 is 33.9 Å². The van der Waals surface area contributed by atoms with Crippen LogP contribution >= 0.6 is 0 Å². The van der Waals surface area contributed by atoms with Crippen LogP contribution in [-0.4, -0.2) is 48.6 Å². The highest BCUT2D eigenvalue weighted by Gasteiger charge is 2.33. The lowest BCUT2D eigenvalue weighted by atomic mass is 10.0. The summed E-state index contributed by atoms with van der Waals surface area (Å²) < 4.78 is 70.5. The second-order valence-electron chi connectivity index (χ2n) is 7.30. The van der Waals surface area contributed by atoms with Gasteiger partial charge in [-0.1, -0.05) is 18.2 Å². The first-order chi connectivity index (χ1) is 14.1. The number of sulfonamides is 1. The van der Waals surface area contributed by atoms with Gasteiger partial charge in [0.15, 0.2) is 11.6 Å². The number of nitrogens with zero attached hydrogens (tertiary/aromatic N) is 3. The van der Waals surface area contributed by atoms with Crippen molar-refractivity contribution in [3.8, 4) is 5.75 Å². The smallest absolute Gasteiger partial charge is 0.266 e. The van der Waals surface area contributed by atoms with Gasteiger partial charge in [0.1, 0.15) is 11.6 Å². The van der Waals surface area contributed by atoms with Gasteiger partial charge in [-0.3, -0.25) is 0 Å². The Labute approximate surface area is 173 Å². The molecule has 11 heteroatoms. The van der Waals surface area contributed by atoms with Gasteiger partial charge in [0.25, 0.3) is 6.43 Å². The zero-order valence-electron chi connectivity index (χ0n) is 16.8. The molecule has 2 heterocycles. The number of alkyl halides is 2. The number of anilines is 1. The van der Waals surface area contributed by atoms with Crippen molar-refractivity contribution in [2.45, 2.75) is 26.3 Å². The van der Waals surface area contributed by atoms with E-state index in [0.29, 0.717) is 30.5 Å². The second-order valence-corrected chi connectivity index (χ2v) is 9.29. The van der Waals surface area contributed by atoms with Gasteiger partial charge in [0.05, 0.1) is 30.7 Å². The third kappa shape index (κ3) is 5.01. The average Bonchev–Trinajstić information content (AvgIpc) is 2.60. The van der Waals surface area contributed by atoms with Crippen LogP contribution < -0.4 is 10.1 Å². The molecule has 164 valence electrons. The molecule has 1 aromatic heterocycles. The lowest BCUT2D eigenvalue weighted by Gasteiger charge is -2.36. The second kappa shape index (κ2) is 8.76. The molecule has 0 bridgehead atoms. The number of ether oxygens (including phenoxy) is 1. The van der Waals surface area contributed by atoms with E-state index in [1.165, 1.54) is 22.6 Å². The van der Waals surface area contributed by atoms with E-state index in [2.05, 4.69) is 15.3 Å². The fraction of sp³-hybridized carbons (Fsp3) is 0.474. The Hall–Kier alpha value is -2.40. The maximum atomic E-state index is 14.5. The van der Waals surface area contributed by atoms with Gasteiger partial charge in [-0.15, -0.1) is 0 Å². The van der Waals surface area contributed by atoms with Crippen LogP contribution in [0.3, 0.4) is 0 Å². The monoisotopic (exact) mass is 444 g/mol. The van der Waals surface area contributed by atoms with Gasteiger partial charge < -0.3 is 10.1 Å². The summed E-state index contributed by atoms with van der Waals surface area (Å²) in [5.41, 5.74) is -0.574. The number of hydrogen-bond acceptors (Lipinski definition) is 6. The normalized spacial score (nSPS) is 16.4. The standard InChI is InChI=1S/C19H23F3N4O3S/c1-11(14-5-4-6-15(17(14)20)18(21)22)24-19-16(7-23-12(2)25-19)29-10-13-8-26(9-13)30(3,27)28/h4-7,11,13,18H,8-10H2,1-3H3,(H,23,24,25)/t11-/m1/s1. The van der Waals surface area contributed by atoms with E-state index in [4.69, 9.17) is 4.74 Å². The van der Waals surface area contributed by atoms with Crippen LogP contribution in [0.5, 0.6) is 5.75 Å². The molecule has 0 unspecified atom stereocenters. The minimum atomic E-state index is -3.20. The third-order valence-electron chi connectivity index (χ3n) is 4.86. The fourth-order valence-electron chi connectivity index (χ4n) is 3.13. The molecule has 1 N–H and O–H groups in total. The number of nitrogens with one attached hydrogen (secondary N) is 1. The van der Waals surface area contributed by atoms with Crippen LogP contribution in [0.15, 0.2) is 24.4 Å². The van der Waals surface area contributed by atoms with Crippen molar-refractivity contribution < 1.29 is 26.3 Å². The van der Waals surface area contributed by atoms with Gasteiger partial charge in [-0.25, -0.2) is 35.9 Å². The maximum Gasteiger partial charge on any atom is 0.266 e. The summed E-state index contributed by atoms with van der Waals surface area (Å²) in [6.45, 7) is 4.31. The van der Waals surface area contributed by atoms with E-state index >= 15 is 0 Å². The maximum absolute atomic E-state index is 14.5. The molecule has 7 nitrogen and oxygen atoms in total. The topological polar surface area (TPSA) is 84.4 Å². The molecule has 0 aliphatic carbocycles. The summed E-state index contributed by atoms with van der Waals surface area (Å²) in [5, 5.41) is 3.00. The molecule has 30 heavy (non-hydrogen) atoms. The summed E-state index contributed by atoms with van der Waals surface area (Å²) in [5.74, 6) is 0.139. The molecule has 0 spiro atoms. The lowest BCUT2D eigenvalue weighted by molar-refractivity contribution is 0.130. The highest BCUT2D eigenvalue weighted by atomic mass is 32.2. The average molecular weight is 444 g/mol. The summed E-state index contributed by atoms with van der Waals surface area (Å²) >= 11 is 0. The molecule has 1 saturated heterocycles. The molecule has 3 rings (SSSR count). The minimum absolute atomic E-state index is 0.0338. The van der Waals surface area contributed by atoms with Crippen LogP contribution in [-0.2, 0) is 10.0 Å². The molecular formula is C19H23F3N4O3S. The molecule has 0 amide bonds. The Bertz CT molecular complexity index is 1010. The fourth-order valence-corrected chi connectivity index (χ4v) is 4.09. The van der Waals surface area contributed by atoms with Crippen LogP contribution in [0.2, 0.25) is 0 Å². The van der Waals surface area contributed by atoms with E-state index in [-0.39, 0.29) is 18.1 Å². The number of rotatable bonds is 8. The van der Waals surface area contributed by atoms with Crippen molar-refractivity contribution in [1.29, 1.82) is 0 Å². The Morgan fingerprint density at radius 1 is 1.30 bits per heavy atom. The Morgan fingerprint density at radius 2 is 1.97 bits per heavy atom. The molecule has 1 aliphatic heterocycles. The van der Waals surface area contributed by atoms with Gasteiger partial charge in [0, 0.05) is 24.6 Å². The first kappa shape index (κ1) is 22.3. The summed E-state index contributed by atoms with van der Waals surface area (Å²) in [6.07, 6.45) is -0.286. The van der Waals surface area contributed by atoms with Crippen LogP contribution in [0, 0.1) is 18.7 Å². The van der Waals surface area contributed by atoms with E-state index in [1.54, 1.807) is 13.8 Å². The zero-order valence-corrected chi connectivity index (χ0v) is 17.6. The van der Waals surface area contributed by atoms with E-state index in [9.17, 15) is 21.6 Å². The third-order valence-corrected chi connectivity index (χ3v) is 6.09. The SMILES string of the molecule is Cc1ncc(OCC2CN(S(C)(=O)=O)C2)c(N[C@H](C)c2cccc(C(F)F)c2F)n1. The van der Waals surface area contributed by atoms with Crippen molar-refractivity contribution in [3.63, 3.8) is 0 Å². The quantitative estimate of drug-likeness (QED) is 0.673. The molecule has 0 saturated carbocycles. The largest absolute Gasteiger partial charge is 0.488 e. The van der Waals surface area contributed by atoms with E-state index in [1.807, 2.05) is 0 Å². The highest BCUT2D eigenvalue weighted by Crippen LogP contribution is 2.31. The minimum Gasteiger partial charge on any atom is -0.488 e. The van der Waals surface area contributed by atoms with Crippen molar-refractivity contribution in [3.05, 3.63) is 47.2 Å². The lowest BCUT2D eigenvalue weighted by Crippen LogP contribution is -2.51. The van der Waals surface area contributed by atoms with Crippen LogP contribution in [0.25, 0.3) is 0 Å². The van der Waals surface area contributed by atoms with Crippen LogP contribution in [0.1, 0.15) is 36.3 Å². The molecule has 1 fully saturated rings. The van der Waals surface area contributed by atoms with Gasteiger partial charge in [-0.05, 0) is 13.8 Å². The Morgan fingerprint density at radius 3 is 2.60 bits per heavy atom. The van der Waals surface area contributed by atoms with Crippen molar-refractivity contribution in [1.82, 2.24) is 14.3 Å². The predicted octanol–water partition coefficient (Wildman–Crippen LogP) is 3.31. The molecule has 0 radical (unpaired) electrons. The van der Waals surface area contributed by atoms with Crippen molar-refractivity contribution >= 4 is 15.8 Å². The molecule has 2 aromatic rings. The number of hydrogen-bond donors (Lipinski definition) is 1. The predicted molar refractivity (Wildman–Crippen MR) is 106 cm³/mol. The summed E-state index contributed by atoms with van der Waals surface area (Å²) in [6, 6.07) is 3.20. The van der Waals surface area contributed by atoms with Crippen LogP contribution in [0.4, 0.5) is 19.0 Å². The number of aryl methyl sites for hydroxylation is 1. The first-order valence-electron chi connectivity index (χ1n) is 9.30. The summed E-state index contributed by atoms with van der Waals surface area (Å²) in [4.78, 5) is 8.37. The van der Waals surface area contributed by atoms with E-state index in [0.717, 1.165) is 12.3 Å². The molecule has 1 aromatic carbocycles. The van der Waals surface area contributed by atoms with Gasteiger partial charge in [0.2, 0.25) is 10.0 Å². The van der Waals surface area contributed by atoms with Gasteiger partial charge >= 0.3 is 0 Å². The van der Waals surface area contributed by atoms with Crippen molar-refractivity contribution in [2.75, 3.05) is 31.3 Å². The molecule has 1 aliphatic rings. The van der Waals surface area contributed by atoms with Crippen molar-refractivity contribution in [2.24, 2.45) is 5.92 Å². The first-order valence-corrected chi connectivity index (χ1v) is 11.2. The zero-order chi connectivity index (χ0) is 22.1. The highest BCUT2D eigenvalue weighted by molar-refractivity contribution is 7.88. The van der Waals surface area contributed by atoms with Gasteiger partial charge in [-0.2, -0.15) is 0 Å².